The Hall–Kier alpha value is -3.80. The monoisotopic (exact) mass is 382 g/mol. The lowest BCUT2D eigenvalue weighted by Gasteiger charge is -2.23. The zero-order valence-electron chi connectivity index (χ0n) is 16.2. The molecule has 4 rings (SSSR count). The Morgan fingerprint density at radius 1 is 0.897 bits per heavy atom. The summed E-state index contributed by atoms with van der Waals surface area (Å²) in [5.41, 5.74) is 10.1. The quantitative estimate of drug-likeness (QED) is 0.543. The van der Waals surface area contributed by atoms with E-state index in [1.165, 1.54) is 0 Å². The van der Waals surface area contributed by atoms with Crippen molar-refractivity contribution < 1.29 is 0 Å². The van der Waals surface area contributed by atoms with Gasteiger partial charge in [-0.25, -0.2) is 9.97 Å². The first-order valence-corrected chi connectivity index (χ1v) is 9.42. The molecule has 6 nitrogen and oxygen atoms in total. The van der Waals surface area contributed by atoms with Gasteiger partial charge in [-0.1, -0.05) is 18.2 Å². The summed E-state index contributed by atoms with van der Waals surface area (Å²) < 4.78 is 0. The van der Waals surface area contributed by atoms with Crippen LogP contribution in [0.5, 0.6) is 0 Å². The van der Waals surface area contributed by atoms with Crippen molar-refractivity contribution in [1.29, 1.82) is 0 Å². The molecule has 0 spiro atoms. The third-order valence-corrected chi connectivity index (χ3v) is 4.88. The molecule has 0 saturated heterocycles. The topological polar surface area (TPSA) is 80.8 Å². The molecule has 0 bridgehead atoms. The molecule has 1 unspecified atom stereocenters. The van der Waals surface area contributed by atoms with Gasteiger partial charge in [-0.2, -0.15) is 0 Å². The van der Waals surface area contributed by atoms with Gasteiger partial charge in [0.05, 0.1) is 17.6 Å². The van der Waals surface area contributed by atoms with Gasteiger partial charge in [-0.3, -0.25) is 9.97 Å². The number of pyridine rings is 4. The maximum absolute atomic E-state index is 5.97. The first-order chi connectivity index (χ1) is 14.2. The Balaban J connectivity index is 1.74. The molecule has 0 aliphatic carbocycles. The molecular weight excluding hydrogens is 360 g/mol. The molecule has 29 heavy (non-hydrogen) atoms. The van der Waals surface area contributed by atoms with Gasteiger partial charge in [-0.05, 0) is 53.9 Å². The first kappa shape index (κ1) is 18.6. The van der Waals surface area contributed by atoms with Gasteiger partial charge in [-0.15, -0.1) is 0 Å². The van der Waals surface area contributed by atoms with Crippen LogP contribution in [-0.2, 0) is 6.42 Å². The molecule has 144 valence electrons. The number of aromatic nitrogens is 4. The maximum Gasteiger partial charge on any atom is 0.135 e. The van der Waals surface area contributed by atoms with E-state index >= 15 is 0 Å². The second kappa shape index (κ2) is 8.48. The molecule has 0 amide bonds. The number of anilines is 3. The molecule has 0 aliphatic rings. The van der Waals surface area contributed by atoms with Crippen LogP contribution in [0.1, 0.15) is 22.7 Å². The van der Waals surface area contributed by atoms with Crippen molar-refractivity contribution in [3.05, 3.63) is 102 Å². The van der Waals surface area contributed by atoms with Gasteiger partial charge >= 0.3 is 0 Å². The molecule has 0 fully saturated rings. The molecule has 2 N–H and O–H groups in total. The summed E-state index contributed by atoms with van der Waals surface area (Å²) >= 11 is 0. The summed E-state index contributed by atoms with van der Waals surface area (Å²) in [6, 6.07) is 17.8. The zero-order chi connectivity index (χ0) is 20.1. The largest absolute Gasteiger partial charge is 0.384 e. The highest BCUT2D eigenvalue weighted by atomic mass is 15.2. The van der Waals surface area contributed by atoms with E-state index in [1.54, 1.807) is 18.5 Å². The third-order valence-electron chi connectivity index (χ3n) is 4.88. The van der Waals surface area contributed by atoms with Gasteiger partial charge in [0.15, 0.2) is 0 Å². The van der Waals surface area contributed by atoms with Crippen LogP contribution >= 0.6 is 0 Å². The van der Waals surface area contributed by atoms with Gasteiger partial charge < -0.3 is 10.6 Å². The van der Waals surface area contributed by atoms with Crippen LogP contribution in [0.4, 0.5) is 17.3 Å². The van der Waals surface area contributed by atoms with Crippen molar-refractivity contribution in [1.82, 2.24) is 19.9 Å². The van der Waals surface area contributed by atoms with E-state index < -0.39 is 0 Å². The first-order valence-electron chi connectivity index (χ1n) is 9.42. The smallest absolute Gasteiger partial charge is 0.135 e. The van der Waals surface area contributed by atoms with Gasteiger partial charge in [0.25, 0.3) is 0 Å². The minimum atomic E-state index is 0.0115. The molecule has 0 aromatic carbocycles. The van der Waals surface area contributed by atoms with E-state index in [9.17, 15) is 0 Å². The fourth-order valence-electron chi connectivity index (χ4n) is 3.42. The standard InChI is InChI=1S/C23H22N6/c1-29(19-8-5-12-26-16-19)23-17(6-4-13-27-23)14-20(18-7-3-11-25-15-18)21-9-2-10-22(24)28-21/h2-13,15-16,20H,14H2,1H3,(H2,24,28). The van der Waals surface area contributed by atoms with E-state index in [2.05, 4.69) is 37.0 Å². The third kappa shape index (κ3) is 4.21. The summed E-state index contributed by atoms with van der Waals surface area (Å²) in [5.74, 6) is 1.41. The Morgan fingerprint density at radius 3 is 2.41 bits per heavy atom. The van der Waals surface area contributed by atoms with Crippen LogP contribution in [-0.4, -0.2) is 27.0 Å². The average molecular weight is 382 g/mol. The number of hydrogen-bond donors (Lipinski definition) is 1. The van der Waals surface area contributed by atoms with E-state index in [0.29, 0.717) is 5.82 Å². The van der Waals surface area contributed by atoms with E-state index in [-0.39, 0.29) is 5.92 Å². The second-order valence-corrected chi connectivity index (χ2v) is 6.79. The van der Waals surface area contributed by atoms with E-state index in [1.807, 2.05) is 62.0 Å². The number of hydrogen-bond acceptors (Lipinski definition) is 6. The van der Waals surface area contributed by atoms with Crippen molar-refractivity contribution in [2.75, 3.05) is 17.7 Å². The van der Waals surface area contributed by atoms with Crippen LogP contribution in [0.3, 0.4) is 0 Å². The normalized spacial score (nSPS) is 11.8. The number of nitrogen functional groups attached to an aromatic ring is 1. The Kier molecular flexibility index (Phi) is 5.42. The summed E-state index contributed by atoms with van der Waals surface area (Å²) in [6.07, 6.45) is 9.78. The number of nitrogens with two attached hydrogens (primary N) is 1. The summed E-state index contributed by atoms with van der Waals surface area (Å²) in [5, 5.41) is 0. The summed E-state index contributed by atoms with van der Waals surface area (Å²) in [6.45, 7) is 0. The van der Waals surface area contributed by atoms with Crippen molar-refractivity contribution >= 4 is 17.3 Å². The molecule has 4 heterocycles. The van der Waals surface area contributed by atoms with Crippen molar-refractivity contribution in [3.63, 3.8) is 0 Å². The van der Waals surface area contributed by atoms with Gasteiger partial charge in [0.2, 0.25) is 0 Å². The van der Waals surface area contributed by atoms with Gasteiger partial charge in [0, 0.05) is 37.8 Å². The molecule has 4 aromatic heterocycles. The predicted octanol–water partition coefficient (Wildman–Crippen LogP) is 3.99. The minimum Gasteiger partial charge on any atom is -0.384 e. The highest BCUT2D eigenvalue weighted by molar-refractivity contribution is 5.61. The molecule has 4 aromatic rings. The highest BCUT2D eigenvalue weighted by Crippen LogP contribution is 2.32. The number of rotatable bonds is 6. The molecule has 0 aliphatic heterocycles. The fraction of sp³-hybridized carbons (Fsp3) is 0.130. The maximum atomic E-state index is 5.97. The highest BCUT2D eigenvalue weighted by Gasteiger charge is 2.20. The second-order valence-electron chi connectivity index (χ2n) is 6.79. The SMILES string of the molecule is CN(c1cccnc1)c1ncccc1CC(c1cccnc1)c1cccc(N)n1. The Labute approximate surface area is 170 Å². The Morgan fingerprint density at radius 2 is 1.69 bits per heavy atom. The van der Waals surface area contributed by atoms with Crippen molar-refractivity contribution in [2.24, 2.45) is 0 Å². The lowest BCUT2D eigenvalue weighted by molar-refractivity contribution is 0.767. The summed E-state index contributed by atoms with van der Waals surface area (Å²) in [4.78, 5) is 19.8. The molecule has 0 radical (unpaired) electrons. The Bertz CT molecular complexity index is 1070. The van der Waals surface area contributed by atoms with E-state index in [4.69, 9.17) is 5.73 Å². The molecule has 1 atom stereocenters. The van der Waals surface area contributed by atoms with Gasteiger partial charge in [0.1, 0.15) is 11.6 Å². The fourth-order valence-corrected chi connectivity index (χ4v) is 3.42. The average Bonchev–Trinajstić information content (AvgIpc) is 2.78. The van der Waals surface area contributed by atoms with Crippen LogP contribution in [0.15, 0.2) is 85.6 Å². The molecular formula is C23H22N6. The van der Waals surface area contributed by atoms with E-state index in [0.717, 1.165) is 34.7 Å². The van der Waals surface area contributed by atoms with Crippen LogP contribution in [0.2, 0.25) is 0 Å². The van der Waals surface area contributed by atoms with Crippen molar-refractivity contribution in [2.45, 2.75) is 12.3 Å². The summed E-state index contributed by atoms with van der Waals surface area (Å²) in [7, 11) is 2.00. The molecule has 6 heteroatoms. The van der Waals surface area contributed by atoms with Crippen LogP contribution in [0.25, 0.3) is 0 Å². The predicted molar refractivity (Wildman–Crippen MR) is 115 cm³/mol. The minimum absolute atomic E-state index is 0.0115. The zero-order valence-corrected chi connectivity index (χ0v) is 16.2. The van der Waals surface area contributed by atoms with Crippen LogP contribution in [0, 0.1) is 0 Å². The lowest BCUT2D eigenvalue weighted by Crippen LogP contribution is -2.16. The van der Waals surface area contributed by atoms with Crippen LogP contribution < -0.4 is 10.6 Å². The van der Waals surface area contributed by atoms with Crippen molar-refractivity contribution in [3.8, 4) is 0 Å². The number of nitrogens with zero attached hydrogens (tertiary/aromatic N) is 5. The lowest BCUT2D eigenvalue weighted by atomic mass is 9.89. The molecule has 0 saturated carbocycles.